The molecule has 0 aromatic carbocycles. The zero-order chi connectivity index (χ0) is 22.5. The van der Waals surface area contributed by atoms with Crippen LogP contribution in [0.1, 0.15) is 52.9 Å². The van der Waals surface area contributed by atoms with E-state index in [0.717, 1.165) is 5.56 Å². The highest BCUT2D eigenvalue weighted by Crippen LogP contribution is 2.31. The van der Waals surface area contributed by atoms with Gasteiger partial charge in [0.2, 0.25) is 0 Å². The maximum absolute atomic E-state index is 12.4. The number of fused-ring (bicyclic) bond motifs is 1. The number of hydrogen-bond donors (Lipinski definition) is 1. The fourth-order valence-corrected chi connectivity index (χ4v) is 3.99. The molecule has 31 heavy (non-hydrogen) atoms. The Hall–Kier alpha value is -3.27. The summed E-state index contributed by atoms with van der Waals surface area (Å²) in [6, 6.07) is 3.20. The standard InChI is InChI=1S/C21H24N4O5S/c1-5-29-21(28)18-15(8-12(2)3)11-31-19(18)22-17(26)10-30-20(27)14-6-7-16-24-23-13(4)25(16)9-14/h6-7,9,11-12H,5,8,10H2,1-4H3,(H,22,26). The van der Waals surface area contributed by atoms with Crippen molar-refractivity contribution < 1.29 is 23.9 Å². The predicted octanol–water partition coefficient (Wildman–Crippen LogP) is 3.27. The first kappa shape index (κ1) is 22.4. The Kier molecular flexibility index (Phi) is 7.01. The Morgan fingerprint density at radius 2 is 1.94 bits per heavy atom. The van der Waals surface area contributed by atoms with Gasteiger partial charge >= 0.3 is 11.9 Å². The third-order valence-electron chi connectivity index (χ3n) is 4.37. The number of pyridine rings is 1. The van der Waals surface area contributed by atoms with E-state index in [-0.39, 0.29) is 12.2 Å². The molecule has 0 saturated carbocycles. The molecule has 164 valence electrons. The van der Waals surface area contributed by atoms with Crippen molar-refractivity contribution >= 4 is 39.8 Å². The zero-order valence-corrected chi connectivity index (χ0v) is 18.6. The third kappa shape index (κ3) is 5.26. The normalized spacial score (nSPS) is 11.0. The van der Waals surface area contributed by atoms with Crippen LogP contribution in [0, 0.1) is 12.8 Å². The number of aromatic nitrogens is 3. The summed E-state index contributed by atoms with van der Waals surface area (Å²) < 4.78 is 11.9. The van der Waals surface area contributed by atoms with Crippen LogP contribution in [0.5, 0.6) is 0 Å². The Labute approximate surface area is 183 Å². The van der Waals surface area contributed by atoms with E-state index in [4.69, 9.17) is 9.47 Å². The van der Waals surface area contributed by atoms with Crippen molar-refractivity contribution in [3.05, 3.63) is 46.2 Å². The number of nitrogens with zero attached hydrogens (tertiary/aromatic N) is 3. The van der Waals surface area contributed by atoms with Gasteiger partial charge in [0.15, 0.2) is 12.3 Å². The van der Waals surface area contributed by atoms with Crippen molar-refractivity contribution in [2.24, 2.45) is 5.92 Å². The molecule has 3 rings (SSSR count). The van der Waals surface area contributed by atoms with Crippen molar-refractivity contribution in [1.82, 2.24) is 14.6 Å². The fraction of sp³-hybridized carbons (Fsp3) is 0.381. The summed E-state index contributed by atoms with van der Waals surface area (Å²) in [5.41, 5.74) is 2.05. The molecule has 0 unspecified atom stereocenters. The third-order valence-corrected chi connectivity index (χ3v) is 5.31. The van der Waals surface area contributed by atoms with Crippen molar-refractivity contribution in [3.8, 4) is 0 Å². The number of amides is 1. The van der Waals surface area contributed by atoms with E-state index in [1.807, 2.05) is 19.2 Å². The fourth-order valence-electron chi connectivity index (χ4n) is 3.01. The first-order valence-electron chi connectivity index (χ1n) is 9.86. The molecule has 9 nitrogen and oxygen atoms in total. The second kappa shape index (κ2) is 9.69. The summed E-state index contributed by atoms with van der Waals surface area (Å²) in [5.74, 6) is -0.715. The van der Waals surface area contributed by atoms with Gasteiger partial charge in [0.05, 0.1) is 17.7 Å². The highest BCUT2D eigenvalue weighted by molar-refractivity contribution is 7.15. The topological polar surface area (TPSA) is 112 Å². The van der Waals surface area contributed by atoms with Crippen molar-refractivity contribution in [1.29, 1.82) is 0 Å². The van der Waals surface area contributed by atoms with E-state index in [0.29, 0.717) is 34.4 Å². The monoisotopic (exact) mass is 444 g/mol. The molecule has 3 aromatic rings. The number of carbonyl (C=O) groups excluding carboxylic acids is 3. The molecule has 1 N–H and O–H groups in total. The first-order chi connectivity index (χ1) is 14.8. The second-order valence-electron chi connectivity index (χ2n) is 7.30. The van der Waals surface area contributed by atoms with Crippen LogP contribution in [-0.4, -0.2) is 45.7 Å². The molecule has 0 fully saturated rings. The van der Waals surface area contributed by atoms with Crippen LogP contribution < -0.4 is 5.32 Å². The van der Waals surface area contributed by atoms with Crippen LogP contribution in [0.4, 0.5) is 5.00 Å². The second-order valence-corrected chi connectivity index (χ2v) is 8.18. The number of carbonyl (C=O) groups is 3. The summed E-state index contributed by atoms with van der Waals surface area (Å²) in [6.07, 6.45) is 2.24. The van der Waals surface area contributed by atoms with Crippen LogP contribution in [0.3, 0.4) is 0 Å². The van der Waals surface area contributed by atoms with Gasteiger partial charge in [0.1, 0.15) is 10.8 Å². The maximum Gasteiger partial charge on any atom is 0.341 e. The lowest BCUT2D eigenvalue weighted by Gasteiger charge is -2.10. The zero-order valence-electron chi connectivity index (χ0n) is 17.8. The van der Waals surface area contributed by atoms with E-state index in [1.54, 1.807) is 36.6 Å². The molecule has 3 heterocycles. The molecule has 0 spiro atoms. The Balaban J connectivity index is 1.67. The van der Waals surface area contributed by atoms with Crippen molar-refractivity contribution in [2.75, 3.05) is 18.5 Å². The maximum atomic E-state index is 12.4. The van der Waals surface area contributed by atoms with Crippen LogP contribution in [-0.2, 0) is 20.7 Å². The smallest absolute Gasteiger partial charge is 0.341 e. The van der Waals surface area contributed by atoms with E-state index < -0.39 is 24.5 Å². The summed E-state index contributed by atoms with van der Waals surface area (Å²) in [6.45, 7) is 7.32. The quantitative estimate of drug-likeness (QED) is 0.531. The molecule has 0 aliphatic carbocycles. The highest BCUT2D eigenvalue weighted by Gasteiger charge is 2.22. The lowest BCUT2D eigenvalue weighted by atomic mass is 10.0. The number of aryl methyl sites for hydroxylation is 1. The number of esters is 2. The molecule has 0 aliphatic heterocycles. The van der Waals surface area contributed by atoms with Crippen LogP contribution in [0.2, 0.25) is 0 Å². The molecule has 0 saturated heterocycles. The van der Waals surface area contributed by atoms with Gasteiger partial charge in [0, 0.05) is 6.20 Å². The minimum Gasteiger partial charge on any atom is -0.462 e. The van der Waals surface area contributed by atoms with E-state index in [1.165, 1.54) is 11.3 Å². The number of nitrogens with one attached hydrogen (secondary N) is 1. The SMILES string of the molecule is CCOC(=O)c1c(CC(C)C)csc1NC(=O)COC(=O)c1ccc2nnc(C)n2c1. The first-order valence-corrected chi connectivity index (χ1v) is 10.7. The number of rotatable bonds is 8. The molecule has 10 heteroatoms. The molecular formula is C21H24N4O5S. The summed E-state index contributed by atoms with van der Waals surface area (Å²) in [5, 5.41) is 12.8. The van der Waals surface area contributed by atoms with E-state index in [9.17, 15) is 14.4 Å². The average molecular weight is 445 g/mol. The Morgan fingerprint density at radius 1 is 1.16 bits per heavy atom. The van der Waals surface area contributed by atoms with Crippen LogP contribution >= 0.6 is 11.3 Å². The van der Waals surface area contributed by atoms with Crippen LogP contribution in [0.15, 0.2) is 23.7 Å². The lowest BCUT2D eigenvalue weighted by molar-refractivity contribution is -0.119. The van der Waals surface area contributed by atoms with Gasteiger partial charge in [-0.05, 0) is 49.3 Å². The summed E-state index contributed by atoms with van der Waals surface area (Å²) in [7, 11) is 0. The molecule has 0 bridgehead atoms. The van der Waals surface area contributed by atoms with Gasteiger partial charge in [-0.25, -0.2) is 9.59 Å². The molecule has 0 aliphatic rings. The minimum absolute atomic E-state index is 0.233. The van der Waals surface area contributed by atoms with Gasteiger partial charge in [-0.1, -0.05) is 13.8 Å². The lowest BCUT2D eigenvalue weighted by Crippen LogP contribution is -2.22. The van der Waals surface area contributed by atoms with Crippen molar-refractivity contribution in [3.63, 3.8) is 0 Å². The van der Waals surface area contributed by atoms with Crippen molar-refractivity contribution in [2.45, 2.75) is 34.1 Å². The molecule has 3 aromatic heterocycles. The largest absolute Gasteiger partial charge is 0.462 e. The predicted molar refractivity (Wildman–Crippen MR) is 115 cm³/mol. The van der Waals surface area contributed by atoms with E-state index in [2.05, 4.69) is 15.5 Å². The number of hydrogen-bond acceptors (Lipinski definition) is 8. The van der Waals surface area contributed by atoms with Gasteiger partial charge in [0.25, 0.3) is 5.91 Å². The summed E-state index contributed by atoms with van der Waals surface area (Å²) in [4.78, 5) is 37.1. The Morgan fingerprint density at radius 3 is 2.65 bits per heavy atom. The van der Waals surface area contributed by atoms with E-state index >= 15 is 0 Å². The van der Waals surface area contributed by atoms with Gasteiger partial charge in [-0.2, -0.15) is 0 Å². The van der Waals surface area contributed by atoms with Gasteiger partial charge in [-0.15, -0.1) is 21.5 Å². The summed E-state index contributed by atoms with van der Waals surface area (Å²) >= 11 is 1.24. The number of anilines is 1. The highest BCUT2D eigenvalue weighted by atomic mass is 32.1. The minimum atomic E-state index is -0.651. The molecule has 0 atom stereocenters. The van der Waals surface area contributed by atoms with Gasteiger partial charge in [-0.3, -0.25) is 9.20 Å². The molecule has 1 amide bonds. The number of thiophene rings is 1. The Bertz CT molecular complexity index is 1120. The average Bonchev–Trinajstić information content (AvgIpc) is 3.29. The number of ether oxygens (including phenoxy) is 2. The van der Waals surface area contributed by atoms with Gasteiger partial charge < -0.3 is 14.8 Å². The van der Waals surface area contributed by atoms with Crippen LogP contribution in [0.25, 0.3) is 5.65 Å². The molecule has 0 radical (unpaired) electrons. The molecular weight excluding hydrogens is 420 g/mol.